The number of nitrogens with one attached hydrogen (secondary N) is 1. The van der Waals surface area contributed by atoms with Gasteiger partial charge in [-0.05, 0) is 61.2 Å². The number of aliphatic hydroxyl groups excluding tert-OH is 1. The maximum Gasteiger partial charge on any atom is 0.146 e. The van der Waals surface area contributed by atoms with Crippen LogP contribution in [0.2, 0.25) is 5.02 Å². The molecule has 4 nitrogen and oxygen atoms in total. The Labute approximate surface area is 140 Å². The molecule has 2 N–H and O–H groups in total. The molecule has 0 aliphatic heterocycles. The maximum absolute atomic E-state index is 8.98. The van der Waals surface area contributed by atoms with Crippen LogP contribution in [0.5, 0.6) is 5.75 Å². The van der Waals surface area contributed by atoms with E-state index in [4.69, 9.17) is 21.4 Å². The molecule has 0 radical (unpaired) electrons. The molecule has 0 aliphatic rings. The second kappa shape index (κ2) is 7.02. The van der Waals surface area contributed by atoms with Crippen LogP contribution in [0.3, 0.4) is 0 Å². The first-order valence-electron chi connectivity index (χ1n) is 7.63. The number of hydrogen-bond acceptors (Lipinski definition) is 3. The molecular weight excluding hydrogens is 312 g/mol. The minimum Gasteiger partial charge on any atom is -0.486 e. The number of H-pyrrole nitrogens is 1. The zero-order valence-corrected chi connectivity index (χ0v) is 13.7. The van der Waals surface area contributed by atoms with Gasteiger partial charge in [0, 0.05) is 11.6 Å². The Morgan fingerprint density at radius 1 is 1.17 bits per heavy atom. The number of aromatic amines is 1. The number of ether oxygens (including phenoxy) is 1. The third kappa shape index (κ3) is 3.66. The van der Waals surface area contributed by atoms with Crippen molar-refractivity contribution in [2.24, 2.45) is 0 Å². The van der Waals surface area contributed by atoms with Crippen molar-refractivity contribution in [3.05, 3.63) is 58.4 Å². The molecule has 5 heteroatoms. The molecule has 0 spiro atoms. The lowest BCUT2D eigenvalue weighted by Gasteiger charge is -2.04. The molecule has 3 aromatic rings. The fourth-order valence-corrected chi connectivity index (χ4v) is 2.72. The first-order chi connectivity index (χ1) is 11.2. The minimum atomic E-state index is 0.207. The molecule has 0 saturated carbocycles. The quantitative estimate of drug-likeness (QED) is 0.717. The third-order valence-corrected chi connectivity index (χ3v) is 4.11. The molecule has 0 saturated heterocycles. The van der Waals surface area contributed by atoms with Gasteiger partial charge in [-0.1, -0.05) is 17.7 Å². The summed E-state index contributed by atoms with van der Waals surface area (Å²) in [6, 6.07) is 11.4. The van der Waals surface area contributed by atoms with Crippen LogP contribution in [-0.4, -0.2) is 21.7 Å². The normalized spacial score (nSPS) is 11.1. The van der Waals surface area contributed by atoms with Crippen molar-refractivity contribution in [2.45, 2.75) is 26.4 Å². The summed E-state index contributed by atoms with van der Waals surface area (Å²) >= 11 is 5.86. The Morgan fingerprint density at radius 2 is 1.96 bits per heavy atom. The van der Waals surface area contributed by atoms with Gasteiger partial charge in [0.2, 0.25) is 0 Å². The van der Waals surface area contributed by atoms with E-state index in [9.17, 15) is 0 Å². The summed E-state index contributed by atoms with van der Waals surface area (Å²) in [5.41, 5.74) is 4.35. The van der Waals surface area contributed by atoms with Gasteiger partial charge >= 0.3 is 0 Å². The number of benzene rings is 2. The van der Waals surface area contributed by atoms with E-state index >= 15 is 0 Å². The summed E-state index contributed by atoms with van der Waals surface area (Å²) in [5.74, 6) is 1.55. The Morgan fingerprint density at radius 3 is 2.70 bits per heavy atom. The van der Waals surface area contributed by atoms with Crippen LogP contribution in [0.25, 0.3) is 11.0 Å². The van der Waals surface area contributed by atoms with E-state index in [0.717, 1.165) is 41.0 Å². The molecule has 23 heavy (non-hydrogen) atoms. The first-order valence-corrected chi connectivity index (χ1v) is 8.01. The molecule has 2 aromatic carbocycles. The van der Waals surface area contributed by atoms with Crippen molar-refractivity contribution >= 4 is 22.6 Å². The van der Waals surface area contributed by atoms with Crippen molar-refractivity contribution in [2.75, 3.05) is 6.61 Å². The topological polar surface area (TPSA) is 58.1 Å². The number of nitrogens with zero attached hydrogens (tertiary/aromatic N) is 1. The van der Waals surface area contributed by atoms with Gasteiger partial charge in [-0.2, -0.15) is 0 Å². The number of aryl methyl sites for hydroxylation is 2. The second-order valence-electron chi connectivity index (χ2n) is 5.50. The van der Waals surface area contributed by atoms with Gasteiger partial charge in [0.05, 0.1) is 11.0 Å². The number of imidazole rings is 1. The maximum atomic E-state index is 8.98. The van der Waals surface area contributed by atoms with Crippen LogP contribution in [-0.2, 0) is 13.0 Å². The third-order valence-electron chi connectivity index (χ3n) is 3.86. The zero-order valence-electron chi connectivity index (χ0n) is 13.0. The summed E-state index contributed by atoms with van der Waals surface area (Å²) in [5, 5.41) is 9.67. The van der Waals surface area contributed by atoms with Crippen LogP contribution in [0, 0.1) is 6.92 Å². The molecule has 120 valence electrons. The number of hydrogen-bond donors (Lipinski definition) is 2. The van der Waals surface area contributed by atoms with Crippen molar-refractivity contribution < 1.29 is 9.84 Å². The van der Waals surface area contributed by atoms with Crippen LogP contribution in [0.1, 0.15) is 23.4 Å². The molecule has 1 heterocycles. The highest BCUT2D eigenvalue weighted by molar-refractivity contribution is 6.30. The van der Waals surface area contributed by atoms with E-state index in [1.807, 2.05) is 18.2 Å². The molecule has 1 aromatic heterocycles. The molecular formula is C18H19ClN2O2. The fraction of sp³-hybridized carbons (Fsp3) is 0.278. The highest BCUT2D eigenvalue weighted by Gasteiger charge is 2.09. The summed E-state index contributed by atoms with van der Waals surface area (Å²) in [6.07, 6.45) is 1.63. The smallest absolute Gasteiger partial charge is 0.146 e. The van der Waals surface area contributed by atoms with Gasteiger partial charge in [0.15, 0.2) is 0 Å². The Hall–Kier alpha value is -2.04. The zero-order chi connectivity index (χ0) is 16.2. The van der Waals surface area contributed by atoms with Crippen molar-refractivity contribution in [1.82, 2.24) is 9.97 Å². The van der Waals surface area contributed by atoms with Crippen LogP contribution >= 0.6 is 11.6 Å². The Bertz CT molecular complexity index is 797. The summed E-state index contributed by atoms with van der Waals surface area (Å²) in [7, 11) is 0. The number of fused-ring (bicyclic) bond motifs is 1. The molecule has 0 fully saturated rings. The Kier molecular flexibility index (Phi) is 4.84. The van der Waals surface area contributed by atoms with E-state index in [2.05, 4.69) is 23.0 Å². The number of rotatable bonds is 6. The average molecular weight is 331 g/mol. The predicted octanol–water partition coefficient (Wildman–Crippen LogP) is 4.03. The minimum absolute atomic E-state index is 0.207. The van der Waals surface area contributed by atoms with Crippen molar-refractivity contribution in [1.29, 1.82) is 0 Å². The lowest BCUT2D eigenvalue weighted by atomic mass is 10.0. The summed E-state index contributed by atoms with van der Waals surface area (Å²) in [4.78, 5) is 7.93. The molecule has 0 bridgehead atoms. The van der Waals surface area contributed by atoms with Crippen LogP contribution in [0.15, 0.2) is 36.4 Å². The van der Waals surface area contributed by atoms with Gasteiger partial charge < -0.3 is 14.8 Å². The summed E-state index contributed by atoms with van der Waals surface area (Å²) < 4.78 is 5.73. The van der Waals surface area contributed by atoms with Gasteiger partial charge in [0.25, 0.3) is 0 Å². The van der Waals surface area contributed by atoms with Crippen molar-refractivity contribution in [3.8, 4) is 5.75 Å². The number of aliphatic hydroxyl groups is 1. The Balaban J connectivity index is 1.77. The van der Waals surface area contributed by atoms with Crippen molar-refractivity contribution in [3.63, 3.8) is 0 Å². The van der Waals surface area contributed by atoms with Crippen LogP contribution in [0.4, 0.5) is 0 Å². The largest absolute Gasteiger partial charge is 0.486 e. The number of halogens is 1. The molecule has 0 unspecified atom stereocenters. The van der Waals surface area contributed by atoms with E-state index in [0.29, 0.717) is 11.6 Å². The van der Waals surface area contributed by atoms with Gasteiger partial charge in [-0.25, -0.2) is 4.98 Å². The van der Waals surface area contributed by atoms with Gasteiger partial charge in [0.1, 0.15) is 18.2 Å². The second-order valence-corrected chi connectivity index (χ2v) is 5.94. The lowest BCUT2D eigenvalue weighted by molar-refractivity contribution is 0.288. The van der Waals surface area contributed by atoms with E-state index < -0.39 is 0 Å². The van der Waals surface area contributed by atoms with Crippen LogP contribution < -0.4 is 4.74 Å². The monoisotopic (exact) mass is 330 g/mol. The fourth-order valence-electron chi connectivity index (χ4n) is 2.60. The van der Waals surface area contributed by atoms with E-state index in [1.165, 1.54) is 5.56 Å². The molecule has 3 rings (SSSR count). The first kappa shape index (κ1) is 15.8. The van der Waals surface area contributed by atoms with E-state index in [-0.39, 0.29) is 6.61 Å². The lowest BCUT2D eigenvalue weighted by Crippen LogP contribution is -1.97. The van der Waals surface area contributed by atoms with E-state index in [1.54, 1.807) is 12.1 Å². The average Bonchev–Trinajstić information content (AvgIpc) is 2.98. The van der Waals surface area contributed by atoms with Gasteiger partial charge in [-0.3, -0.25) is 0 Å². The van der Waals surface area contributed by atoms with Gasteiger partial charge in [-0.15, -0.1) is 0 Å². The molecule has 0 aliphatic carbocycles. The predicted molar refractivity (Wildman–Crippen MR) is 92.0 cm³/mol. The molecule has 0 amide bonds. The highest BCUT2D eigenvalue weighted by atomic mass is 35.5. The highest BCUT2D eigenvalue weighted by Crippen LogP contribution is 2.22. The number of aromatic nitrogens is 2. The summed E-state index contributed by atoms with van der Waals surface area (Å²) in [6.45, 7) is 2.65. The SMILES string of the molecule is Cc1c(CCCO)ccc2[nH]c(COc3ccc(Cl)cc3)nc12. The molecule has 0 atom stereocenters. The standard InChI is InChI=1S/C18H19ClN2O2/c1-12-13(3-2-10-22)4-9-16-18(12)21-17(20-16)11-23-15-7-5-14(19)6-8-15/h4-9,22H,2-3,10-11H2,1H3,(H,20,21).